The molecule has 0 unspecified atom stereocenters. The molecule has 2 N–H and O–H groups in total. The molecule has 0 amide bonds. The zero-order valence-electron chi connectivity index (χ0n) is 10.9. The number of anilines is 1. The number of benzene rings is 1. The molecule has 0 aliphatic carbocycles. The second kappa shape index (κ2) is 5.65. The summed E-state index contributed by atoms with van der Waals surface area (Å²) in [6, 6.07) is 10.3. The topological polar surface area (TPSA) is 42.2 Å². The number of nitrogens with two attached hydrogens (primary N) is 1. The van der Waals surface area contributed by atoms with E-state index in [9.17, 15) is 0 Å². The third-order valence-electron chi connectivity index (χ3n) is 2.99. The van der Waals surface area contributed by atoms with Crippen LogP contribution in [-0.4, -0.2) is 16.9 Å². The molecule has 94 valence electrons. The molecular formula is C15H19N3. The Morgan fingerprint density at radius 1 is 1.06 bits per heavy atom. The van der Waals surface area contributed by atoms with Crippen LogP contribution >= 0.6 is 0 Å². The van der Waals surface area contributed by atoms with Gasteiger partial charge >= 0.3 is 0 Å². The van der Waals surface area contributed by atoms with Gasteiger partial charge in [0.15, 0.2) is 0 Å². The van der Waals surface area contributed by atoms with Crippen LogP contribution in [0.3, 0.4) is 0 Å². The summed E-state index contributed by atoms with van der Waals surface area (Å²) in [6.07, 6.45) is 3.66. The monoisotopic (exact) mass is 241 g/mol. The summed E-state index contributed by atoms with van der Waals surface area (Å²) in [6.45, 7) is 3.89. The van der Waals surface area contributed by atoms with E-state index in [2.05, 4.69) is 29.1 Å². The SMILES string of the molecule is Cc1cc(CN(C)Cc2ccncc2)ccc1N. The van der Waals surface area contributed by atoms with E-state index < -0.39 is 0 Å². The minimum absolute atomic E-state index is 0.857. The van der Waals surface area contributed by atoms with Gasteiger partial charge in [0.05, 0.1) is 0 Å². The van der Waals surface area contributed by atoms with Crippen molar-refractivity contribution in [3.8, 4) is 0 Å². The average molecular weight is 241 g/mol. The molecule has 2 rings (SSSR count). The molecule has 0 radical (unpaired) electrons. The lowest BCUT2D eigenvalue weighted by Crippen LogP contribution is -2.17. The lowest BCUT2D eigenvalue weighted by atomic mass is 10.1. The Hall–Kier alpha value is -1.87. The van der Waals surface area contributed by atoms with E-state index in [4.69, 9.17) is 5.73 Å². The summed E-state index contributed by atoms with van der Waals surface area (Å²) in [4.78, 5) is 6.30. The third-order valence-corrected chi connectivity index (χ3v) is 2.99. The van der Waals surface area contributed by atoms with E-state index in [0.717, 1.165) is 24.3 Å². The maximum atomic E-state index is 5.82. The first-order valence-electron chi connectivity index (χ1n) is 6.07. The highest BCUT2D eigenvalue weighted by Gasteiger charge is 2.03. The van der Waals surface area contributed by atoms with Crippen molar-refractivity contribution in [1.82, 2.24) is 9.88 Å². The van der Waals surface area contributed by atoms with Gasteiger partial charge in [0, 0.05) is 31.2 Å². The van der Waals surface area contributed by atoms with Crippen molar-refractivity contribution in [1.29, 1.82) is 0 Å². The van der Waals surface area contributed by atoms with E-state index >= 15 is 0 Å². The van der Waals surface area contributed by atoms with Crippen LogP contribution in [0.2, 0.25) is 0 Å². The summed E-state index contributed by atoms with van der Waals surface area (Å²) in [5, 5.41) is 0. The number of hydrogen-bond acceptors (Lipinski definition) is 3. The van der Waals surface area contributed by atoms with Crippen LogP contribution in [0.25, 0.3) is 0 Å². The first kappa shape index (κ1) is 12.6. The van der Waals surface area contributed by atoms with E-state index in [1.807, 2.05) is 37.5 Å². The smallest absolute Gasteiger partial charge is 0.0343 e. The zero-order valence-corrected chi connectivity index (χ0v) is 10.9. The molecule has 0 bridgehead atoms. The quantitative estimate of drug-likeness (QED) is 0.837. The molecule has 0 aliphatic heterocycles. The highest BCUT2D eigenvalue weighted by molar-refractivity contribution is 5.47. The highest BCUT2D eigenvalue weighted by Crippen LogP contribution is 2.14. The number of pyridine rings is 1. The highest BCUT2D eigenvalue weighted by atomic mass is 15.1. The molecule has 0 saturated carbocycles. The summed E-state index contributed by atoms with van der Waals surface area (Å²) in [5.41, 5.74) is 10.4. The summed E-state index contributed by atoms with van der Waals surface area (Å²) < 4.78 is 0. The molecule has 0 atom stereocenters. The molecule has 0 aliphatic rings. The Morgan fingerprint density at radius 2 is 1.72 bits per heavy atom. The molecule has 1 aromatic heterocycles. The molecule has 0 spiro atoms. The van der Waals surface area contributed by atoms with Gasteiger partial charge in [0.1, 0.15) is 0 Å². The van der Waals surface area contributed by atoms with E-state index in [1.165, 1.54) is 11.1 Å². The fraction of sp³-hybridized carbons (Fsp3) is 0.267. The van der Waals surface area contributed by atoms with E-state index in [1.54, 1.807) is 0 Å². The summed E-state index contributed by atoms with van der Waals surface area (Å²) in [7, 11) is 2.12. The molecule has 3 heteroatoms. The largest absolute Gasteiger partial charge is 0.399 e. The van der Waals surface area contributed by atoms with Crippen LogP contribution in [0.4, 0.5) is 5.69 Å². The van der Waals surface area contributed by atoms with Crippen molar-refractivity contribution < 1.29 is 0 Å². The maximum absolute atomic E-state index is 5.82. The predicted octanol–water partition coefficient (Wildman–Crippen LogP) is 2.60. The molecule has 1 aromatic carbocycles. The number of hydrogen-bond donors (Lipinski definition) is 1. The zero-order chi connectivity index (χ0) is 13.0. The van der Waals surface area contributed by atoms with Crippen LogP contribution in [0.15, 0.2) is 42.7 Å². The second-order valence-electron chi connectivity index (χ2n) is 4.72. The molecular weight excluding hydrogens is 222 g/mol. The van der Waals surface area contributed by atoms with E-state index in [-0.39, 0.29) is 0 Å². The number of aryl methyl sites for hydroxylation is 1. The molecule has 2 aromatic rings. The minimum atomic E-state index is 0.857. The standard InChI is InChI=1S/C15H19N3/c1-12-9-14(3-4-15(12)16)11-18(2)10-13-5-7-17-8-6-13/h3-9H,10-11,16H2,1-2H3. The molecule has 0 fully saturated rings. The molecule has 18 heavy (non-hydrogen) atoms. The number of nitrogen functional groups attached to an aromatic ring is 1. The minimum Gasteiger partial charge on any atom is -0.399 e. The Balaban J connectivity index is 1.99. The van der Waals surface area contributed by atoms with Crippen molar-refractivity contribution in [2.45, 2.75) is 20.0 Å². The fourth-order valence-electron chi connectivity index (χ4n) is 2.00. The lowest BCUT2D eigenvalue weighted by Gasteiger charge is -2.17. The molecule has 3 nitrogen and oxygen atoms in total. The van der Waals surface area contributed by atoms with Gasteiger partial charge in [-0.05, 0) is 48.9 Å². The number of rotatable bonds is 4. The van der Waals surface area contributed by atoms with Crippen LogP contribution in [0.1, 0.15) is 16.7 Å². The Morgan fingerprint density at radius 3 is 2.39 bits per heavy atom. The van der Waals surface area contributed by atoms with Crippen LogP contribution in [0, 0.1) is 6.92 Å². The lowest BCUT2D eigenvalue weighted by molar-refractivity contribution is 0.319. The van der Waals surface area contributed by atoms with Gasteiger partial charge in [-0.2, -0.15) is 0 Å². The maximum Gasteiger partial charge on any atom is 0.0343 e. The Labute approximate surface area is 108 Å². The van der Waals surface area contributed by atoms with Gasteiger partial charge in [-0.25, -0.2) is 0 Å². The van der Waals surface area contributed by atoms with Gasteiger partial charge in [-0.15, -0.1) is 0 Å². The molecule has 0 saturated heterocycles. The van der Waals surface area contributed by atoms with Crippen molar-refractivity contribution in [2.24, 2.45) is 0 Å². The van der Waals surface area contributed by atoms with Gasteiger partial charge < -0.3 is 5.73 Å². The van der Waals surface area contributed by atoms with Gasteiger partial charge in [0.25, 0.3) is 0 Å². The predicted molar refractivity (Wildman–Crippen MR) is 75.0 cm³/mol. The molecule has 1 heterocycles. The average Bonchev–Trinajstić information content (AvgIpc) is 2.35. The van der Waals surface area contributed by atoms with Crippen molar-refractivity contribution in [3.05, 3.63) is 59.4 Å². The number of nitrogens with zero attached hydrogens (tertiary/aromatic N) is 2. The number of aromatic nitrogens is 1. The van der Waals surface area contributed by atoms with Gasteiger partial charge in [-0.3, -0.25) is 9.88 Å². The fourth-order valence-corrected chi connectivity index (χ4v) is 2.00. The summed E-state index contributed by atoms with van der Waals surface area (Å²) >= 11 is 0. The second-order valence-corrected chi connectivity index (χ2v) is 4.72. The van der Waals surface area contributed by atoms with Crippen LogP contribution < -0.4 is 5.73 Å². The Kier molecular flexibility index (Phi) is 3.95. The normalized spacial score (nSPS) is 10.8. The van der Waals surface area contributed by atoms with E-state index in [0.29, 0.717) is 0 Å². The van der Waals surface area contributed by atoms with Gasteiger partial charge in [0.2, 0.25) is 0 Å². The third kappa shape index (κ3) is 3.31. The van der Waals surface area contributed by atoms with Crippen LogP contribution in [-0.2, 0) is 13.1 Å². The first-order valence-corrected chi connectivity index (χ1v) is 6.07. The van der Waals surface area contributed by atoms with Crippen molar-refractivity contribution >= 4 is 5.69 Å². The summed E-state index contributed by atoms with van der Waals surface area (Å²) in [5.74, 6) is 0. The van der Waals surface area contributed by atoms with Crippen molar-refractivity contribution in [2.75, 3.05) is 12.8 Å². The first-order chi connectivity index (χ1) is 8.65. The Bertz CT molecular complexity index is 508. The van der Waals surface area contributed by atoms with Crippen LogP contribution in [0.5, 0.6) is 0 Å². The van der Waals surface area contributed by atoms with Gasteiger partial charge in [-0.1, -0.05) is 12.1 Å². The van der Waals surface area contributed by atoms with Crippen molar-refractivity contribution in [3.63, 3.8) is 0 Å².